The molecule has 2 atom stereocenters. The van der Waals surface area contributed by atoms with Gasteiger partial charge in [0.15, 0.2) is 0 Å². The van der Waals surface area contributed by atoms with Crippen LogP contribution in [0.15, 0.2) is 22.8 Å². The third-order valence-electron chi connectivity index (χ3n) is 4.98. The Bertz CT molecular complexity index is 370. The molecule has 0 spiro atoms. The molecule has 0 amide bonds. The summed E-state index contributed by atoms with van der Waals surface area (Å²) in [5.74, 6) is 1.09. The largest absolute Gasteiger partial charge is 0.469 e. The third-order valence-corrected chi connectivity index (χ3v) is 4.98. The van der Waals surface area contributed by atoms with E-state index < -0.39 is 0 Å². The highest BCUT2D eigenvalue weighted by atomic mass is 16.3. The Kier molecular flexibility index (Phi) is 5.67. The van der Waals surface area contributed by atoms with Gasteiger partial charge >= 0.3 is 0 Å². The Hall–Kier alpha value is -0.800. The molecule has 1 fully saturated rings. The summed E-state index contributed by atoms with van der Waals surface area (Å²) in [7, 11) is 0. The lowest BCUT2D eigenvalue weighted by molar-refractivity contribution is 0.0419. The zero-order valence-electron chi connectivity index (χ0n) is 13.3. The fourth-order valence-corrected chi connectivity index (χ4v) is 3.48. The summed E-state index contributed by atoms with van der Waals surface area (Å²) < 4.78 is 5.58. The van der Waals surface area contributed by atoms with Gasteiger partial charge in [0.25, 0.3) is 0 Å². The predicted octanol–water partition coefficient (Wildman–Crippen LogP) is 3.45. The van der Waals surface area contributed by atoms with E-state index in [0.717, 1.165) is 18.7 Å². The molecule has 0 aliphatic carbocycles. The van der Waals surface area contributed by atoms with Crippen LogP contribution in [0.3, 0.4) is 0 Å². The molecule has 1 N–H and O–H groups in total. The van der Waals surface area contributed by atoms with E-state index in [2.05, 4.69) is 37.1 Å². The Morgan fingerprint density at radius 3 is 2.60 bits per heavy atom. The van der Waals surface area contributed by atoms with Gasteiger partial charge < -0.3 is 9.73 Å². The maximum Gasteiger partial charge on any atom is 0.105 e. The Morgan fingerprint density at radius 1 is 1.30 bits per heavy atom. The average molecular weight is 278 g/mol. The van der Waals surface area contributed by atoms with Crippen molar-refractivity contribution in [3.8, 4) is 0 Å². The topological polar surface area (TPSA) is 28.4 Å². The van der Waals surface area contributed by atoms with Crippen LogP contribution in [0.4, 0.5) is 0 Å². The van der Waals surface area contributed by atoms with Gasteiger partial charge in [-0.3, -0.25) is 4.90 Å². The first-order valence-corrected chi connectivity index (χ1v) is 8.21. The van der Waals surface area contributed by atoms with E-state index in [1.807, 2.05) is 6.07 Å². The monoisotopic (exact) mass is 278 g/mol. The minimum absolute atomic E-state index is 0.212. The van der Waals surface area contributed by atoms with Crippen LogP contribution in [0.1, 0.15) is 52.2 Å². The third kappa shape index (κ3) is 3.44. The molecular weight excluding hydrogens is 248 g/mol. The quantitative estimate of drug-likeness (QED) is 0.828. The second-order valence-corrected chi connectivity index (χ2v) is 6.15. The molecule has 3 nitrogen and oxygen atoms in total. The summed E-state index contributed by atoms with van der Waals surface area (Å²) in [4.78, 5) is 2.70. The number of furan rings is 1. The van der Waals surface area contributed by atoms with Crippen LogP contribution in [0.2, 0.25) is 0 Å². The molecule has 0 bridgehead atoms. The lowest BCUT2D eigenvalue weighted by Gasteiger charge is -2.48. The lowest BCUT2D eigenvalue weighted by atomic mass is 9.83. The van der Waals surface area contributed by atoms with E-state index in [1.165, 1.54) is 38.8 Å². The van der Waals surface area contributed by atoms with Crippen molar-refractivity contribution < 1.29 is 4.42 Å². The van der Waals surface area contributed by atoms with Crippen LogP contribution in [0.25, 0.3) is 0 Å². The van der Waals surface area contributed by atoms with E-state index in [1.54, 1.807) is 6.26 Å². The Morgan fingerprint density at radius 2 is 2.05 bits per heavy atom. The minimum Gasteiger partial charge on any atom is -0.469 e. The summed E-state index contributed by atoms with van der Waals surface area (Å²) in [6.45, 7) is 10.4. The van der Waals surface area contributed by atoms with Gasteiger partial charge in [0.2, 0.25) is 0 Å². The first-order chi connectivity index (χ1) is 9.70. The molecule has 2 rings (SSSR count). The molecule has 3 heteroatoms. The van der Waals surface area contributed by atoms with Crippen LogP contribution in [-0.4, -0.2) is 36.1 Å². The van der Waals surface area contributed by atoms with Crippen molar-refractivity contribution in [2.75, 3.05) is 19.6 Å². The molecule has 0 radical (unpaired) electrons. The SMILES string of the molecule is CCNC(Cc1ccco1)C(C)(CC)N1CCCCC1. The van der Waals surface area contributed by atoms with E-state index in [4.69, 9.17) is 4.42 Å². The molecule has 1 aromatic rings. The summed E-state index contributed by atoms with van der Waals surface area (Å²) >= 11 is 0. The molecule has 0 saturated carbocycles. The van der Waals surface area contributed by atoms with Gasteiger partial charge in [0, 0.05) is 18.0 Å². The molecular formula is C17H30N2O. The number of hydrogen-bond acceptors (Lipinski definition) is 3. The highest BCUT2D eigenvalue weighted by Crippen LogP contribution is 2.29. The van der Waals surface area contributed by atoms with Crippen LogP contribution >= 0.6 is 0 Å². The molecule has 20 heavy (non-hydrogen) atoms. The molecule has 0 aromatic carbocycles. The van der Waals surface area contributed by atoms with Crippen molar-refractivity contribution >= 4 is 0 Å². The summed E-state index contributed by atoms with van der Waals surface area (Å²) in [6, 6.07) is 4.53. The first-order valence-electron chi connectivity index (χ1n) is 8.21. The van der Waals surface area contributed by atoms with Gasteiger partial charge in [-0.2, -0.15) is 0 Å². The molecule has 1 aliphatic rings. The number of hydrogen-bond donors (Lipinski definition) is 1. The maximum atomic E-state index is 5.58. The molecule has 2 heterocycles. The number of piperidine rings is 1. The van der Waals surface area contributed by atoms with Gasteiger partial charge in [-0.25, -0.2) is 0 Å². The van der Waals surface area contributed by atoms with Gasteiger partial charge in [-0.1, -0.05) is 20.3 Å². The van der Waals surface area contributed by atoms with Crippen LogP contribution < -0.4 is 5.32 Å². The number of likely N-dealkylation sites (N-methyl/N-ethyl adjacent to an activating group) is 1. The van der Waals surface area contributed by atoms with E-state index in [9.17, 15) is 0 Å². The average Bonchev–Trinajstić information content (AvgIpc) is 3.00. The normalized spacial score (nSPS) is 21.6. The van der Waals surface area contributed by atoms with Crippen molar-refractivity contribution in [2.24, 2.45) is 0 Å². The molecule has 1 aromatic heterocycles. The number of nitrogens with zero attached hydrogens (tertiary/aromatic N) is 1. The van der Waals surface area contributed by atoms with Crippen molar-refractivity contribution in [1.29, 1.82) is 0 Å². The Balaban J connectivity index is 2.13. The fraction of sp³-hybridized carbons (Fsp3) is 0.765. The van der Waals surface area contributed by atoms with E-state index >= 15 is 0 Å². The summed E-state index contributed by atoms with van der Waals surface area (Å²) in [5, 5.41) is 3.71. The maximum absolute atomic E-state index is 5.58. The van der Waals surface area contributed by atoms with Crippen molar-refractivity contribution in [3.63, 3.8) is 0 Å². The van der Waals surface area contributed by atoms with E-state index in [0.29, 0.717) is 6.04 Å². The standard InChI is InChI=1S/C17H30N2O/c1-4-17(3,19-11-7-6-8-12-19)16(18-5-2)14-15-10-9-13-20-15/h9-10,13,16,18H,4-8,11-12,14H2,1-3H3. The van der Waals surface area contributed by atoms with Gasteiger partial charge in [-0.15, -0.1) is 0 Å². The van der Waals surface area contributed by atoms with Crippen molar-refractivity contribution in [1.82, 2.24) is 10.2 Å². The zero-order valence-corrected chi connectivity index (χ0v) is 13.3. The van der Waals surface area contributed by atoms with E-state index in [-0.39, 0.29) is 5.54 Å². The number of nitrogens with one attached hydrogen (secondary N) is 1. The predicted molar refractivity (Wildman–Crippen MR) is 84.0 cm³/mol. The molecule has 114 valence electrons. The minimum atomic E-state index is 0.212. The van der Waals surface area contributed by atoms with Crippen molar-refractivity contribution in [2.45, 2.75) is 64.5 Å². The van der Waals surface area contributed by atoms with Gasteiger partial charge in [0.05, 0.1) is 6.26 Å². The molecule has 1 aliphatic heterocycles. The van der Waals surface area contributed by atoms with Gasteiger partial charge in [0.1, 0.15) is 5.76 Å². The summed E-state index contributed by atoms with van der Waals surface area (Å²) in [5.41, 5.74) is 0.212. The lowest BCUT2D eigenvalue weighted by Crippen LogP contribution is -2.61. The van der Waals surface area contributed by atoms with Crippen LogP contribution in [-0.2, 0) is 6.42 Å². The van der Waals surface area contributed by atoms with Crippen LogP contribution in [0, 0.1) is 0 Å². The van der Waals surface area contributed by atoms with Crippen LogP contribution in [0.5, 0.6) is 0 Å². The number of likely N-dealkylation sites (tertiary alicyclic amines) is 1. The number of rotatable bonds is 7. The first kappa shape index (κ1) is 15.6. The molecule has 2 unspecified atom stereocenters. The highest BCUT2D eigenvalue weighted by Gasteiger charge is 2.38. The second-order valence-electron chi connectivity index (χ2n) is 6.15. The van der Waals surface area contributed by atoms with Crippen molar-refractivity contribution in [3.05, 3.63) is 24.2 Å². The fourth-order valence-electron chi connectivity index (χ4n) is 3.48. The van der Waals surface area contributed by atoms with Gasteiger partial charge in [-0.05, 0) is 58.0 Å². The Labute approximate surface area is 123 Å². The molecule has 1 saturated heterocycles. The second kappa shape index (κ2) is 7.28. The highest BCUT2D eigenvalue weighted by molar-refractivity contribution is 5.06. The smallest absolute Gasteiger partial charge is 0.105 e. The zero-order chi connectivity index (χ0) is 14.4. The summed E-state index contributed by atoms with van der Waals surface area (Å²) in [6.07, 6.45) is 8.00.